The zero-order chi connectivity index (χ0) is 14.9. The number of thiocarbonyl (C=S) groups is 1. The van der Waals surface area contributed by atoms with Crippen molar-refractivity contribution in [3.8, 4) is 0 Å². The van der Waals surface area contributed by atoms with E-state index >= 15 is 0 Å². The SMILES string of the molecule is NC(=S)c1cc(F)ccc1Nc1c(Cl)cc(F)cc1Cl. The second-order valence-corrected chi connectivity index (χ2v) is 5.18. The molecule has 0 aliphatic heterocycles. The van der Waals surface area contributed by atoms with Crippen LogP contribution in [-0.4, -0.2) is 4.99 Å². The molecule has 0 aliphatic carbocycles. The maximum atomic E-state index is 13.2. The van der Waals surface area contributed by atoms with Gasteiger partial charge in [-0.1, -0.05) is 35.4 Å². The lowest BCUT2D eigenvalue weighted by atomic mass is 10.1. The predicted molar refractivity (Wildman–Crippen MR) is 82.0 cm³/mol. The summed E-state index contributed by atoms with van der Waals surface area (Å²) in [5.74, 6) is -1.03. The van der Waals surface area contributed by atoms with E-state index in [1.54, 1.807) is 0 Å². The first-order valence-electron chi connectivity index (χ1n) is 5.39. The average Bonchev–Trinajstić information content (AvgIpc) is 2.34. The topological polar surface area (TPSA) is 38.0 Å². The van der Waals surface area contributed by atoms with E-state index in [4.69, 9.17) is 41.2 Å². The molecule has 20 heavy (non-hydrogen) atoms. The zero-order valence-electron chi connectivity index (χ0n) is 9.88. The molecule has 2 nitrogen and oxygen atoms in total. The smallest absolute Gasteiger partial charge is 0.126 e. The van der Waals surface area contributed by atoms with Gasteiger partial charge in [0.2, 0.25) is 0 Å². The van der Waals surface area contributed by atoms with E-state index in [0.29, 0.717) is 16.9 Å². The molecule has 104 valence electrons. The van der Waals surface area contributed by atoms with Crippen LogP contribution in [-0.2, 0) is 0 Å². The predicted octanol–water partition coefficient (Wildman–Crippen LogP) is 4.65. The van der Waals surface area contributed by atoms with Gasteiger partial charge in [-0.2, -0.15) is 0 Å². The number of rotatable bonds is 3. The Hall–Kier alpha value is -1.43. The second-order valence-electron chi connectivity index (χ2n) is 3.92. The van der Waals surface area contributed by atoms with E-state index in [1.165, 1.54) is 18.2 Å². The number of halogens is 4. The van der Waals surface area contributed by atoms with Gasteiger partial charge in [-0.15, -0.1) is 0 Å². The lowest BCUT2D eigenvalue weighted by Crippen LogP contribution is -2.12. The monoisotopic (exact) mass is 332 g/mol. The molecule has 0 saturated heterocycles. The van der Waals surface area contributed by atoms with Crippen molar-refractivity contribution in [3.05, 3.63) is 57.6 Å². The van der Waals surface area contributed by atoms with E-state index in [-0.39, 0.29) is 15.0 Å². The molecule has 0 aliphatic rings. The van der Waals surface area contributed by atoms with Crippen molar-refractivity contribution in [2.24, 2.45) is 5.73 Å². The minimum Gasteiger partial charge on any atom is -0.389 e. The van der Waals surface area contributed by atoms with Gasteiger partial charge in [0.15, 0.2) is 0 Å². The Morgan fingerprint density at radius 1 is 1.05 bits per heavy atom. The molecule has 0 heterocycles. The van der Waals surface area contributed by atoms with Crippen LogP contribution in [0.5, 0.6) is 0 Å². The first kappa shape index (κ1) is 15.0. The molecule has 2 aromatic rings. The summed E-state index contributed by atoms with van der Waals surface area (Å²) in [6.07, 6.45) is 0. The van der Waals surface area contributed by atoms with Gasteiger partial charge in [-0.3, -0.25) is 0 Å². The van der Waals surface area contributed by atoms with Gasteiger partial charge in [0.05, 0.1) is 15.7 Å². The maximum absolute atomic E-state index is 13.2. The molecule has 0 radical (unpaired) electrons. The van der Waals surface area contributed by atoms with Crippen molar-refractivity contribution < 1.29 is 8.78 Å². The van der Waals surface area contributed by atoms with Crippen molar-refractivity contribution in [2.75, 3.05) is 5.32 Å². The minimum atomic E-state index is -0.556. The number of nitrogens with one attached hydrogen (secondary N) is 1. The van der Waals surface area contributed by atoms with Crippen LogP contribution in [0.15, 0.2) is 30.3 Å². The molecule has 0 saturated carbocycles. The number of nitrogens with two attached hydrogens (primary N) is 1. The van der Waals surface area contributed by atoms with Gasteiger partial charge >= 0.3 is 0 Å². The van der Waals surface area contributed by atoms with Gasteiger partial charge < -0.3 is 11.1 Å². The fraction of sp³-hybridized carbons (Fsp3) is 0. The standard InChI is InChI=1S/C13H8Cl2F2N2S/c14-9-4-7(17)5-10(15)12(9)19-11-2-1-6(16)3-8(11)13(18)20/h1-5,19H,(H2,18,20). The summed E-state index contributed by atoms with van der Waals surface area (Å²) in [4.78, 5) is 0.0151. The summed E-state index contributed by atoms with van der Waals surface area (Å²) >= 11 is 16.7. The summed E-state index contributed by atoms with van der Waals surface area (Å²) in [5, 5.41) is 3.06. The summed E-state index contributed by atoms with van der Waals surface area (Å²) in [6, 6.07) is 6.09. The van der Waals surface area contributed by atoms with Crippen LogP contribution in [0.1, 0.15) is 5.56 Å². The van der Waals surface area contributed by atoms with Crippen molar-refractivity contribution in [2.45, 2.75) is 0 Å². The highest BCUT2D eigenvalue weighted by Crippen LogP contribution is 2.34. The molecule has 0 spiro atoms. The molecular formula is C13H8Cl2F2N2S. The van der Waals surface area contributed by atoms with E-state index in [0.717, 1.165) is 12.1 Å². The number of benzene rings is 2. The largest absolute Gasteiger partial charge is 0.389 e. The lowest BCUT2D eigenvalue weighted by molar-refractivity contribution is 0.628. The molecule has 0 bridgehead atoms. The van der Waals surface area contributed by atoms with Crippen molar-refractivity contribution in [1.82, 2.24) is 0 Å². The van der Waals surface area contributed by atoms with Gasteiger partial charge in [-0.25, -0.2) is 8.78 Å². The molecule has 7 heteroatoms. The Morgan fingerprint density at radius 2 is 1.65 bits per heavy atom. The molecule has 2 rings (SSSR count). The Kier molecular flexibility index (Phi) is 4.42. The zero-order valence-corrected chi connectivity index (χ0v) is 12.2. The summed E-state index contributed by atoms with van der Waals surface area (Å²) in [7, 11) is 0. The first-order valence-corrected chi connectivity index (χ1v) is 6.56. The molecule has 0 unspecified atom stereocenters. The van der Waals surface area contributed by atoms with Crippen molar-refractivity contribution >= 4 is 51.8 Å². The Morgan fingerprint density at radius 3 is 2.20 bits per heavy atom. The summed E-state index contributed by atoms with van der Waals surface area (Å²) < 4.78 is 26.3. The van der Waals surface area contributed by atoms with Crippen molar-refractivity contribution in [1.29, 1.82) is 0 Å². The van der Waals surface area contributed by atoms with E-state index in [9.17, 15) is 8.78 Å². The van der Waals surface area contributed by atoms with Crippen LogP contribution in [0.4, 0.5) is 20.2 Å². The third kappa shape index (κ3) is 3.17. The molecule has 0 fully saturated rings. The fourth-order valence-corrected chi connectivity index (χ4v) is 2.35. The van der Waals surface area contributed by atoms with Gasteiger partial charge in [-0.05, 0) is 30.3 Å². The molecule has 0 atom stereocenters. The van der Waals surface area contributed by atoms with Crippen LogP contribution < -0.4 is 11.1 Å². The van der Waals surface area contributed by atoms with E-state index < -0.39 is 11.6 Å². The summed E-state index contributed by atoms with van der Waals surface area (Å²) in [5.41, 5.74) is 6.55. The lowest BCUT2D eigenvalue weighted by Gasteiger charge is -2.14. The second kappa shape index (κ2) is 5.91. The van der Waals surface area contributed by atoms with E-state index in [2.05, 4.69) is 5.32 Å². The van der Waals surface area contributed by atoms with Crippen LogP contribution in [0.3, 0.4) is 0 Å². The van der Waals surface area contributed by atoms with E-state index in [1.807, 2.05) is 0 Å². The Labute approximate surface area is 129 Å². The van der Waals surface area contributed by atoms with Crippen LogP contribution in [0, 0.1) is 11.6 Å². The quantitative estimate of drug-likeness (QED) is 0.803. The molecule has 2 aromatic carbocycles. The van der Waals surface area contributed by atoms with Crippen molar-refractivity contribution in [3.63, 3.8) is 0 Å². The van der Waals surface area contributed by atoms with Crippen LogP contribution >= 0.6 is 35.4 Å². The average molecular weight is 333 g/mol. The highest BCUT2D eigenvalue weighted by molar-refractivity contribution is 7.80. The third-order valence-corrected chi connectivity index (χ3v) is 3.33. The highest BCUT2D eigenvalue weighted by Gasteiger charge is 2.12. The highest BCUT2D eigenvalue weighted by atomic mass is 35.5. The number of hydrogen-bond acceptors (Lipinski definition) is 2. The number of anilines is 2. The Bertz CT molecular complexity index is 669. The normalized spacial score (nSPS) is 10.4. The molecule has 3 N–H and O–H groups in total. The van der Waals surface area contributed by atoms with Crippen LogP contribution in [0.2, 0.25) is 10.0 Å². The summed E-state index contributed by atoms with van der Waals surface area (Å²) in [6.45, 7) is 0. The molecule has 0 aromatic heterocycles. The Balaban J connectivity index is 2.48. The van der Waals surface area contributed by atoms with Crippen LogP contribution in [0.25, 0.3) is 0 Å². The first-order chi connectivity index (χ1) is 9.38. The third-order valence-electron chi connectivity index (χ3n) is 2.51. The van der Waals surface area contributed by atoms with Gasteiger partial charge in [0.25, 0.3) is 0 Å². The maximum Gasteiger partial charge on any atom is 0.126 e. The fourth-order valence-electron chi connectivity index (χ4n) is 1.63. The number of hydrogen-bond donors (Lipinski definition) is 2. The molecule has 0 amide bonds. The minimum absolute atomic E-state index is 0.0151. The van der Waals surface area contributed by atoms with Gasteiger partial charge in [0.1, 0.15) is 16.6 Å². The molecular weight excluding hydrogens is 325 g/mol. The van der Waals surface area contributed by atoms with Gasteiger partial charge in [0, 0.05) is 11.3 Å².